The molecule has 2 unspecified atom stereocenters. The van der Waals surface area contributed by atoms with Crippen molar-refractivity contribution in [3.05, 3.63) is 23.3 Å². The molecule has 5 aliphatic carbocycles. The number of methoxy groups -OCH3 is 1. The van der Waals surface area contributed by atoms with Gasteiger partial charge in [-0.1, -0.05) is 26.8 Å². The Morgan fingerprint density at radius 2 is 1.89 bits per heavy atom. The lowest BCUT2D eigenvalue weighted by Crippen LogP contribution is -2.87. The lowest BCUT2D eigenvalue weighted by atomic mass is 9.30. The van der Waals surface area contributed by atoms with Gasteiger partial charge in [-0.05, 0) is 88.3 Å². The predicted molar refractivity (Wildman–Crippen MR) is 135 cm³/mol. The Bertz CT molecular complexity index is 1100. The maximum atomic E-state index is 12.3. The van der Waals surface area contributed by atoms with E-state index in [-0.39, 0.29) is 27.9 Å². The van der Waals surface area contributed by atoms with Crippen LogP contribution in [0.5, 0.6) is 11.5 Å². The van der Waals surface area contributed by atoms with Crippen LogP contribution in [0.15, 0.2) is 12.1 Å². The van der Waals surface area contributed by atoms with Gasteiger partial charge in [0.2, 0.25) is 0 Å². The molecule has 2 heterocycles. The van der Waals surface area contributed by atoms with Crippen molar-refractivity contribution in [1.29, 1.82) is 0 Å². The number of likely N-dealkylation sites (tertiary alicyclic amines) is 1. The zero-order chi connectivity index (χ0) is 24.8. The van der Waals surface area contributed by atoms with Crippen molar-refractivity contribution in [1.82, 2.24) is 4.90 Å². The Morgan fingerprint density at radius 1 is 1.14 bits per heavy atom. The van der Waals surface area contributed by atoms with Gasteiger partial charge in [-0.2, -0.15) is 0 Å². The van der Waals surface area contributed by atoms with E-state index in [1.54, 1.807) is 0 Å². The molecule has 5 heteroatoms. The van der Waals surface area contributed by atoms with Crippen LogP contribution in [0.25, 0.3) is 0 Å². The second kappa shape index (κ2) is 6.39. The van der Waals surface area contributed by atoms with Crippen LogP contribution in [0.4, 0.5) is 0 Å². The highest BCUT2D eigenvalue weighted by Crippen LogP contribution is 2.81. The van der Waals surface area contributed by atoms with Crippen molar-refractivity contribution in [3.63, 3.8) is 0 Å². The maximum absolute atomic E-state index is 12.3. The van der Waals surface area contributed by atoms with Crippen molar-refractivity contribution in [3.8, 4) is 11.5 Å². The van der Waals surface area contributed by atoms with Crippen molar-refractivity contribution >= 4 is 0 Å². The Kier molecular flexibility index (Phi) is 4.18. The number of ether oxygens (including phenoxy) is 2. The van der Waals surface area contributed by atoms with E-state index in [4.69, 9.17) is 9.47 Å². The molecule has 2 spiro atoms. The van der Waals surface area contributed by atoms with Gasteiger partial charge in [0.05, 0.1) is 11.0 Å². The summed E-state index contributed by atoms with van der Waals surface area (Å²) in [6, 6.07) is 4.45. The van der Waals surface area contributed by atoms with Crippen LogP contribution in [-0.2, 0) is 16.6 Å². The second-order valence-corrected chi connectivity index (χ2v) is 14.3. The molecule has 35 heavy (non-hydrogen) atoms. The minimum absolute atomic E-state index is 0.00111. The Morgan fingerprint density at radius 3 is 2.54 bits per heavy atom. The zero-order valence-corrected chi connectivity index (χ0v) is 22.4. The van der Waals surface area contributed by atoms with Gasteiger partial charge < -0.3 is 19.7 Å². The third kappa shape index (κ3) is 2.26. The van der Waals surface area contributed by atoms with E-state index in [1.165, 1.54) is 30.5 Å². The van der Waals surface area contributed by atoms with Crippen LogP contribution in [0.1, 0.15) is 84.3 Å². The minimum atomic E-state index is -0.933. The highest BCUT2D eigenvalue weighted by Gasteiger charge is 2.86. The van der Waals surface area contributed by atoms with Crippen LogP contribution in [0.3, 0.4) is 0 Å². The normalized spacial score (nSPS) is 45.1. The number of piperidine rings is 1. The van der Waals surface area contributed by atoms with Gasteiger partial charge in [0, 0.05) is 36.6 Å². The van der Waals surface area contributed by atoms with Gasteiger partial charge in [-0.15, -0.1) is 0 Å². The number of phenols is 1. The zero-order valence-electron chi connectivity index (χ0n) is 22.4. The van der Waals surface area contributed by atoms with E-state index in [9.17, 15) is 10.2 Å². The molecule has 0 amide bonds. The Labute approximate surface area is 210 Å². The summed E-state index contributed by atoms with van der Waals surface area (Å²) in [6.07, 6.45) is 7.71. The molecule has 8 rings (SSSR count). The van der Waals surface area contributed by atoms with Crippen molar-refractivity contribution in [2.45, 2.75) is 108 Å². The summed E-state index contributed by atoms with van der Waals surface area (Å²) < 4.78 is 13.7. The highest BCUT2D eigenvalue weighted by molar-refractivity contribution is 5.65. The molecule has 1 saturated heterocycles. The van der Waals surface area contributed by atoms with E-state index in [1.807, 2.05) is 20.1 Å². The van der Waals surface area contributed by atoms with Crippen molar-refractivity contribution in [2.24, 2.45) is 22.7 Å². The average Bonchev–Trinajstić information content (AvgIpc) is 3.56. The maximum Gasteiger partial charge on any atom is 0.166 e. The monoisotopic (exact) mass is 481 g/mol. The largest absolute Gasteiger partial charge is 0.504 e. The SMILES string of the molecule is COC12CC[C@@]3(C[C@@H]1C(C)(O)C(C)(C)C)[C@H]1Cc4ccc(O)c5c4[C@@]3(CCN1CC1CC1)[C@]2(C)O5. The summed E-state index contributed by atoms with van der Waals surface area (Å²) >= 11 is 0. The van der Waals surface area contributed by atoms with Crippen molar-refractivity contribution < 1.29 is 19.7 Å². The number of hydrogen-bond acceptors (Lipinski definition) is 5. The number of benzene rings is 1. The van der Waals surface area contributed by atoms with E-state index in [2.05, 4.69) is 38.7 Å². The topological polar surface area (TPSA) is 62.2 Å². The summed E-state index contributed by atoms with van der Waals surface area (Å²) in [5, 5.41) is 23.4. The van der Waals surface area contributed by atoms with Crippen LogP contribution < -0.4 is 4.74 Å². The van der Waals surface area contributed by atoms with E-state index in [0.29, 0.717) is 11.8 Å². The second-order valence-electron chi connectivity index (χ2n) is 14.3. The molecule has 192 valence electrons. The first-order chi connectivity index (χ1) is 16.4. The molecule has 2 aliphatic heterocycles. The number of hydrogen-bond donors (Lipinski definition) is 2. The number of nitrogens with zero attached hydrogens (tertiary/aromatic N) is 1. The lowest BCUT2D eigenvalue weighted by Gasteiger charge is -2.78. The molecule has 2 N–H and O–H groups in total. The fourth-order valence-electron chi connectivity index (χ4n) is 10.2. The molecule has 5 fully saturated rings. The van der Waals surface area contributed by atoms with E-state index < -0.39 is 16.8 Å². The third-order valence-corrected chi connectivity index (χ3v) is 12.5. The number of aromatic hydroxyl groups is 1. The quantitative estimate of drug-likeness (QED) is 0.647. The molecule has 1 aromatic carbocycles. The third-order valence-electron chi connectivity index (χ3n) is 12.5. The molecule has 0 radical (unpaired) electrons. The minimum Gasteiger partial charge on any atom is -0.504 e. The van der Waals surface area contributed by atoms with Crippen LogP contribution in [-0.4, -0.2) is 58.2 Å². The first-order valence-corrected chi connectivity index (χ1v) is 13.9. The van der Waals surface area contributed by atoms with Crippen LogP contribution in [0, 0.1) is 22.7 Å². The van der Waals surface area contributed by atoms with E-state index >= 15 is 0 Å². The van der Waals surface area contributed by atoms with Gasteiger partial charge in [0.1, 0.15) is 11.2 Å². The average molecular weight is 482 g/mol. The van der Waals surface area contributed by atoms with Crippen molar-refractivity contribution in [2.75, 3.05) is 20.2 Å². The fraction of sp³-hybridized carbons (Fsp3) is 0.800. The number of rotatable bonds is 4. The lowest BCUT2D eigenvalue weighted by molar-refractivity contribution is -0.345. The Hall–Kier alpha value is -1.30. The van der Waals surface area contributed by atoms with Gasteiger partial charge in [0.15, 0.2) is 11.5 Å². The smallest absolute Gasteiger partial charge is 0.166 e. The summed E-state index contributed by atoms with van der Waals surface area (Å²) in [5.74, 6) is 1.74. The molecule has 5 nitrogen and oxygen atoms in total. The number of aliphatic hydroxyl groups is 1. The molecule has 4 bridgehead atoms. The van der Waals surface area contributed by atoms with Crippen LogP contribution in [0.2, 0.25) is 0 Å². The number of phenolic OH excluding ortho intramolecular Hbond substituents is 1. The first-order valence-electron chi connectivity index (χ1n) is 13.9. The molecule has 0 aromatic heterocycles. The highest BCUT2D eigenvalue weighted by atomic mass is 16.6. The van der Waals surface area contributed by atoms with Gasteiger partial charge in [-0.25, -0.2) is 0 Å². The summed E-state index contributed by atoms with van der Waals surface area (Å²) in [4.78, 5) is 2.82. The molecule has 4 saturated carbocycles. The summed E-state index contributed by atoms with van der Waals surface area (Å²) in [7, 11) is 1.83. The van der Waals surface area contributed by atoms with Gasteiger partial charge >= 0.3 is 0 Å². The molecular formula is C30H43NO4. The Balaban J connectivity index is 1.51. The molecule has 7 atom stereocenters. The van der Waals surface area contributed by atoms with E-state index in [0.717, 1.165) is 44.6 Å². The number of fused-ring (bicyclic) bond motifs is 2. The van der Waals surface area contributed by atoms with Gasteiger partial charge in [0.25, 0.3) is 0 Å². The molecule has 1 aromatic rings. The van der Waals surface area contributed by atoms with Gasteiger partial charge in [-0.3, -0.25) is 4.90 Å². The van der Waals surface area contributed by atoms with Crippen LogP contribution >= 0.6 is 0 Å². The molecular weight excluding hydrogens is 438 g/mol. The summed E-state index contributed by atoms with van der Waals surface area (Å²) in [5.41, 5.74) is -0.0893. The first kappa shape index (κ1) is 22.9. The summed E-state index contributed by atoms with van der Waals surface area (Å²) in [6.45, 7) is 13.1. The predicted octanol–water partition coefficient (Wildman–Crippen LogP) is 4.80. The standard InChI is InChI=1S/C30H43NO4/c1-25(2,3)26(4,33)21-16-28-11-12-30(21,34-6)27(5)29(28)13-14-31(17-18-7-8-18)22(28)15-19-9-10-20(32)24(35-27)23(19)29/h9-10,18,21-22,32-33H,7-8,11-17H2,1-6H3/t21-,22-,26?,27+,28-,29+,30?/m1/s1. The molecule has 7 aliphatic rings. The fourth-order valence-corrected chi connectivity index (χ4v) is 10.2.